The summed E-state index contributed by atoms with van der Waals surface area (Å²) < 4.78 is 2.07. The molecule has 2 N–H and O–H groups in total. The highest BCUT2D eigenvalue weighted by molar-refractivity contribution is 14.0. The quantitative estimate of drug-likeness (QED) is 0.215. The molecule has 0 atom stereocenters. The third-order valence-electron chi connectivity index (χ3n) is 5.66. The number of aryl methyl sites for hydroxylation is 3. The molecule has 1 aliphatic heterocycles. The van der Waals surface area contributed by atoms with E-state index in [2.05, 4.69) is 74.2 Å². The first-order valence-corrected chi connectivity index (χ1v) is 11.5. The van der Waals surface area contributed by atoms with Gasteiger partial charge in [-0.1, -0.05) is 13.0 Å². The molecule has 3 rings (SSSR count). The summed E-state index contributed by atoms with van der Waals surface area (Å²) in [5.41, 5.74) is 3.40. The van der Waals surface area contributed by atoms with Gasteiger partial charge in [0.2, 0.25) is 0 Å². The van der Waals surface area contributed by atoms with Crippen molar-refractivity contribution in [2.24, 2.45) is 4.99 Å². The maximum Gasteiger partial charge on any atom is 0.191 e. The Balaban J connectivity index is 0.00000363. The molecule has 0 saturated carbocycles. The number of rotatable bonds is 9. The molecule has 8 nitrogen and oxygen atoms in total. The normalized spacial score (nSPS) is 14.9. The summed E-state index contributed by atoms with van der Waals surface area (Å²) in [5, 5.41) is 11.3. The summed E-state index contributed by atoms with van der Waals surface area (Å²) in [6, 6.07) is 6.38. The Bertz CT molecular complexity index is 825. The van der Waals surface area contributed by atoms with Crippen molar-refractivity contribution in [2.75, 3.05) is 50.7 Å². The van der Waals surface area contributed by atoms with E-state index in [9.17, 15) is 0 Å². The predicted molar refractivity (Wildman–Crippen MR) is 143 cm³/mol. The summed E-state index contributed by atoms with van der Waals surface area (Å²) in [5.74, 6) is 1.91. The van der Waals surface area contributed by atoms with Crippen molar-refractivity contribution in [1.82, 2.24) is 30.3 Å². The van der Waals surface area contributed by atoms with E-state index in [4.69, 9.17) is 4.99 Å². The second kappa shape index (κ2) is 13.6. The molecule has 0 aromatic carbocycles. The van der Waals surface area contributed by atoms with E-state index in [1.54, 1.807) is 0 Å². The number of nitrogens with zero attached hydrogens (tertiary/aromatic N) is 6. The largest absolute Gasteiger partial charge is 0.357 e. The topological polar surface area (TPSA) is 73.6 Å². The van der Waals surface area contributed by atoms with Crippen LogP contribution < -0.4 is 15.5 Å². The van der Waals surface area contributed by atoms with Crippen LogP contribution in [0.25, 0.3) is 0 Å². The zero-order valence-electron chi connectivity index (χ0n) is 20.0. The maximum absolute atomic E-state index is 4.72. The first-order valence-electron chi connectivity index (χ1n) is 11.5. The molecule has 32 heavy (non-hydrogen) atoms. The lowest BCUT2D eigenvalue weighted by Crippen LogP contribution is -2.46. The van der Waals surface area contributed by atoms with Crippen LogP contribution in [0.1, 0.15) is 37.2 Å². The van der Waals surface area contributed by atoms with Crippen LogP contribution in [0.3, 0.4) is 0 Å². The molecule has 0 radical (unpaired) electrons. The molecule has 0 aliphatic carbocycles. The Labute approximate surface area is 209 Å². The molecule has 0 unspecified atom stereocenters. The summed E-state index contributed by atoms with van der Waals surface area (Å²) in [4.78, 5) is 14.3. The van der Waals surface area contributed by atoms with Crippen molar-refractivity contribution >= 4 is 35.8 Å². The van der Waals surface area contributed by atoms with Crippen LogP contribution in [0.2, 0.25) is 0 Å². The van der Waals surface area contributed by atoms with Crippen LogP contribution in [0, 0.1) is 13.8 Å². The predicted octanol–water partition coefficient (Wildman–Crippen LogP) is 2.80. The number of halogens is 1. The first kappa shape index (κ1) is 26.4. The Hall–Kier alpha value is -1.88. The van der Waals surface area contributed by atoms with Gasteiger partial charge in [-0.15, -0.1) is 24.0 Å². The van der Waals surface area contributed by atoms with Gasteiger partial charge >= 0.3 is 0 Å². The lowest BCUT2D eigenvalue weighted by atomic mass is 10.2. The maximum atomic E-state index is 4.72. The van der Waals surface area contributed by atoms with Gasteiger partial charge in [0.25, 0.3) is 0 Å². The molecule has 178 valence electrons. The van der Waals surface area contributed by atoms with E-state index in [0.717, 1.165) is 81.8 Å². The number of pyridine rings is 1. The Kier molecular flexibility index (Phi) is 11.2. The zero-order chi connectivity index (χ0) is 22.1. The summed E-state index contributed by atoms with van der Waals surface area (Å²) in [6.45, 7) is 17.1. The SMILES string of the molecule is CCNC(=NCc1ccc(N2CCN(CC)CC2)nc1)NCCCn1nc(C)cc1C.I. The second-order valence-corrected chi connectivity index (χ2v) is 8.07. The minimum atomic E-state index is 0. The molecule has 0 spiro atoms. The number of hydrogen-bond acceptors (Lipinski definition) is 5. The van der Waals surface area contributed by atoms with Crippen LogP contribution in [0.4, 0.5) is 5.82 Å². The lowest BCUT2D eigenvalue weighted by molar-refractivity contribution is 0.270. The third kappa shape index (κ3) is 7.91. The van der Waals surface area contributed by atoms with Crippen LogP contribution in [0.5, 0.6) is 0 Å². The van der Waals surface area contributed by atoms with Gasteiger partial charge in [-0.3, -0.25) is 4.68 Å². The van der Waals surface area contributed by atoms with Gasteiger partial charge in [0, 0.05) is 57.7 Å². The molecular formula is C23H39IN8. The fourth-order valence-corrected chi connectivity index (χ4v) is 3.84. The smallest absolute Gasteiger partial charge is 0.191 e. The number of guanidine groups is 1. The number of anilines is 1. The van der Waals surface area contributed by atoms with Gasteiger partial charge in [-0.25, -0.2) is 9.98 Å². The van der Waals surface area contributed by atoms with Crippen LogP contribution in [0.15, 0.2) is 29.4 Å². The molecule has 1 saturated heterocycles. The average molecular weight is 555 g/mol. The standard InChI is InChI=1S/C23H38N8.HI/c1-5-24-23(25-10-7-11-31-20(4)16-19(3)28-31)27-18-21-8-9-22(26-17-21)30-14-12-29(6-2)13-15-30;/h8-9,16-17H,5-7,10-15,18H2,1-4H3,(H2,24,25,27);1H. The molecule has 2 aromatic rings. The van der Waals surface area contributed by atoms with Crippen molar-refractivity contribution < 1.29 is 0 Å². The summed E-state index contributed by atoms with van der Waals surface area (Å²) in [7, 11) is 0. The lowest BCUT2D eigenvalue weighted by Gasteiger charge is -2.34. The van der Waals surface area contributed by atoms with E-state index in [0.29, 0.717) is 6.54 Å². The van der Waals surface area contributed by atoms with Crippen LogP contribution in [-0.2, 0) is 13.1 Å². The van der Waals surface area contributed by atoms with Crippen LogP contribution >= 0.6 is 24.0 Å². The molecule has 1 fully saturated rings. The van der Waals surface area contributed by atoms with Crippen molar-refractivity contribution in [3.63, 3.8) is 0 Å². The Morgan fingerprint density at radius 3 is 2.47 bits per heavy atom. The zero-order valence-corrected chi connectivity index (χ0v) is 22.3. The second-order valence-electron chi connectivity index (χ2n) is 8.07. The van der Waals surface area contributed by atoms with Gasteiger partial charge in [-0.2, -0.15) is 5.10 Å². The molecule has 0 bridgehead atoms. The van der Waals surface area contributed by atoms with E-state index >= 15 is 0 Å². The minimum absolute atomic E-state index is 0. The van der Waals surface area contributed by atoms with E-state index < -0.39 is 0 Å². The van der Waals surface area contributed by atoms with Crippen molar-refractivity contribution in [3.8, 4) is 0 Å². The number of nitrogens with one attached hydrogen (secondary N) is 2. The average Bonchev–Trinajstić information content (AvgIpc) is 3.12. The highest BCUT2D eigenvalue weighted by Gasteiger charge is 2.16. The molecule has 3 heterocycles. The van der Waals surface area contributed by atoms with Gasteiger partial charge in [0.15, 0.2) is 5.96 Å². The Morgan fingerprint density at radius 1 is 1.09 bits per heavy atom. The fourth-order valence-electron chi connectivity index (χ4n) is 3.84. The van der Waals surface area contributed by atoms with Crippen molar-refractivity contribution in [2.45, 2.75) is 47.2 Å². The number of hydrogen-bond donors (Lipinski definition) is 2. The molecular weight excluding hydrogens is 515 g/mol. The number of aliphatic imine (C=N–C) groups is 1. The van der Waals surface area contributed by atoms with E-state index in [-0.39, 0.29) is 24.0 Å². The number of piperazine rings is 1. The summed E-state index contributed by atoms with van der Waals surface area (Å²) in [6.07, 6.45) is 2.95. The number of likely N-dealkylation sites (N-methyl/N-ethyl adjacent to an activating group) is 1. The van der Waals surface area contributed by atoms with Gasteiger partial charge < -0.3 is 20.4 Å². The molecule has 0 amide bonds. The summed E-state index contributed by atoms with van der Waals surface area (Å²) >= 11 is 0. The molecule has 2 aromatic heterocycles. The van der Waals surface area contributed by atoms with Crippen molar-refractivity contribution in [3.05, 3.63) is 41.3 Å². The Morgan fingerprint density at radius 2 is 1.88 bits per heavy atom. The molecule has 1 aliphatic rings. The third-order valence-corrected chi connectivity index (χ3v) is 5.66. The highest BCUT2D eigenvalue weighted by Crippen LogP contribution is 2.14. The van der Waals surface area contributed by atoms with Gasteiger partial charge in [0.05, 0.1) is 12.2 Å². The van der Waals surface area contributed by atoms with Crippen LogP contribution in [-0.4, -0.2) is 71.4 Å². The number of aromatic nitrogens is 3. The monoisotopic (exact) mass is 554 g/mol. The minimum Gasteiger partial charge on any atom is -0.357 e. The molecule has 9 heteroatoms. The van der Waals surface area contributed by atoms with E-state index in [1.165, 1.54) is 5.69 Å². The highest BCUT2D eigenvalue weighted by atomic mass is 127. The van der Waals surface area contributed by atoms with Crippen molar-refractivity contribution in [1.29, 1.82) is 0 Å². The van der Waals surface area contributed by atoms with E-state index in [1.807, 2.05) is 13.1 Å². The fraction of sp³-hybridized carbons (Fsp3) is 0.609. The van der Waals surface area contributed by atoms with Gasteiger partial charge in [-0.05, 0) is 51.4 Å². The van der Waals surface area contributed by atoms with Gasteiger partial charge in [0.1, 0.15) is 5.82 Å². The first-order chi connectivity index (χ1) is 15.1.